The molecule has 0 unspecified atom stereocenters. The zero-order chi connectivity index (χ0) is 8.32. The van der Waals surface area contributed by atoms with Gasteiger partial charge in [-0.25, -0.2) is 0 Å². The van der Waals surface area contributed by atoms with Gasteiger partial charge in [0.15, 0.2) is 0 Å². The van der Waals surface area contributed by atoms with E-state index >= 15 is 0 Å². The normalized spacial score (nSPS) is 11.5. The Bertz CT molecular complexity index is 224. The van der Waals surface area contributed by atoms with Crippen LogP contribution in [0.15, 0.2) is 29.4 Å². The number of nitrogens with zero attached hydrogens (tertiary/aromatic N) is 1. The van der Waals surface area contributed by atoms with Crippen LogP contribution in [-0.4, -0.2) is 5.16 Å². The fraction of sp³-hybridized carbons (Fsp3) is 0.444. The number of allylic oxidation sites excluding steroid dienone is 1. The lowest BCUT2D eigenvalue weighted by molar-refractivity contribution is 0.317. The van der Waals surface area contributed by atoms with Gasteiger partial charge in [0.25, 0.3) is 0 Å². The van der Waals surface area contributed by atoms with Crippen molar-refractivity contribution in [3.8, 4) is 0 Å². The minimum Gasteiger partial charge on any atom is -0.361 e. The quantitative estimate of drug-likeness (QED) is 0.620. The van der Waals surface area contributed by atoms with E-state index in [0.29, 0.717) is 0 Å². The lowest BCUT2D eigenvalue weighted by Gasteiger charge is -2.17. The van der Waals surface area contributed by atoms with Crippen LogP contribution in [0.3, 0.4) is 0 Å². The molecule has 0 saturated heterocycles. The number of aromatic nitrogens is 1. The zero-order valence-electron chi connectivity index (χ0n) is 7.00. The monoisotopic (exact) mass is 151 g/mol. The Balaban J connectivity index is 2.81. The molecule has 2 nitrogen and oxygen atoms in total. The first kappa shape index (κ1) is 8.05. The SMILES string of the molecule is C=CCC(C)(C)c1ccno1. The molecular formula is C9H13NO. The predicted octanol–water partition coefficient (Wildman–Crippen LogP) is 2.53. The van der Waals surface area contributed by atoms with E-state index in [1.54, 1.807) is 6.20 Å². The Labute approximate surface area is 66.9 Å². The molecule has 0 N–H and O–H groups in total. The molecule has 0 aliphatic heterocycles. The molecule has 0 fully saturated rings. The summed E-state index contributed by atoms with van der Waals surface area (Å²) in [6.45, 7) is 7.91. The molecule has 0 aromatic carbocycles. The Morgan fingerprint density at radius 1 is 1.73 bits per heavy atom. The van der Waals surface area contributed by atoms with E-state index in [4.69, 9.17) is 4.52 Å². The molecular weight excluding hydrogens is 138 g/mol. The van der Waals surface area contributed by atoms with E-state index in [9.17, 15) is 0 Å². The van der Waals surface area contributed by atoms with Crippen molar-refractivity contribution >= 4 is 0 Å². The van der Waals surface area contributed by atoms with E-state index in [-0.39, 0.29) is 5.41 Å². The van der Waals surface area contributed by atoms with Gasteiger partial charge in [-0.2, -0.15) is 0 Å². The van der Waals surface area contributed by atoms with E-state index in [1.807, 2.05) is 12.1 Å². The summed E-state index contributed by atoms with van der Waals surface area (Å²) in [7, 11) is 0. The standard InChI is InChI=1S/C9H13NO/c1-4-6-9(2,3)8-5-7-10-11-8/h4-5,7H,1,6H2,2-3H3. The maximum absolute atomic E-state index is 5.05. The van der Waals surface area contributed by atoms with Gasteiger partial charge in [0, 0.05) is 11.5 Å². The van der Waals surface area contributed by atoms with Gasteiger partial charge < -0.3 is 4.52 Å². The van der Waals surface area contributed by atoms with Crippen molar-refractivity contribution in [1.29, 1.82) is 0 Å². The summed E-state index contributed by atoms with van der Waals surface area (Å²) < 4.78 is 5.05. The van der Waals surface area contributed by atoms with Crippen molar-refractivity contribution in [2.45, 2.75) is 25.7 Å². The lowest BCUT2D eigenvalue weighted by Crippen LogP contribution is -2.14. The van der Waals surface area contributed by atoms with Gasteiger partial charge in [-0.05, 0) is 6.42 Å². The van der Waals surface area contributed by atoms with Crippen molar-refractivity contribution < 1.29 is 4.52 Å². The van der Waals surface area contributed by atoms with Crippen LogP contribution in [0.25, 0.3) is 0 Å². The van der Waals surface area contributed by atoms with Crippen LogP contribution in [-0.2, 0) is 5.41 Å². The van der Waals surface area contributed by atoms with Crippen molar-refractivity contribution in [3.05, 3.63) is 30.7 Å². The highest BCUT2D eigenvalue weighted by Gasteiger charge is 2.22. The first-order valence-corrected chi connectivity index (χ1v) is 3.69. The summed E-state index contributed by atoms with van der Waals surface area (Å²) in [6.07, 6.45) is 4.46. The fourth-order valence-corrected chi connectivity index (χ4v) is 1.03. The molecule has 0 aliphatic carbocycles. The van der Waals surface area contributed by atoms with Crippen LogP contribution in [0.5, 0.6) is 0 Å². The van der Waals surface area contributed by atoms with E-state index in [1.165, 1.54) is 0 Å². The summed E-state index contributed by atoms with van der Waals surface area (Å²) in [5.74, 6) is 0.914. The molecule has 0 amide bonds. The molecule has 0 bridgehead atoms. The summed E-state index contributed by atoms with van der Waals surface area (Å²) in [5, 5.41) is 3.66. The van der Waals surface area contributed by atoms with E-state index < -0.39 is 0 Å². The molecule has 0 saturated carbocycles. The van der Waals surface area contributed by atoms with Gasteiger partial charge in [-0.15, -0.1) is 6.58 Å². The van der Waals surface area contributed by atoms with Crippen LogP contribution in [0.4, 0.5) is 0 Å². The van der Waals surface area contributed by atoms with E-state index in [2.05, 4.69) is 25.6 Å². The number of hydrogen-bond acceptors (Lipinski definition) is 2. The molecule has 1 aromatic rings. The average molecular weight is 151 g/mol. The van der Waals surface area contributed by atoms with Gasteiger partial charge >= 0.3 is 0 Å². The Kier molecular flexibility index (Phi) is 2.13. The van der Waals surface area contributed by atoms with Crippen molar-refractivity contribution in [1.82, 2.24) is 5.16 Å². The fourth-order valence-electron chi connectivity index (χ4n) is 1.03. The summed E-state index contributed by atoms with van der Waals surface area (Å²) >= 11 is 0. The lowest BCUT2D eigenvalue weighted by atomic mass is 9.87. The van der Waals surface area contributed by atoms with Crippen LogP contribution in [0.1, 0.15) is 26.0 Å². The first-order chi connectivity index (χ1) is 5.17. The van der Waals surface area contributed by atoms with Gasteiger partial charge in [0.2, 0.25) is 0 Å². The zero-order valence-corrected chi connectivity index (χ0v) is 7.00. The van der Waals surface area contributed by atoms with Crippen molar-refractivity contribution in [2.75, 3.05) is 0 Å². The second-order valence-electron chi connectivity index (χ2n) is 3.25. The van der Waals surface area contributed by atoms with Crippen molar-refractivity contribution in [2.24, 2.45) is 0 Å². The predicted molar refractivity (Wildman–Crippen MR) is 44.3 cm³/mol. The third kappa shape index (κ3) is 1.70. The minimum absolute atomic E-state index is 0.0260. The summed E-state index contributed by atoms with van der Waals surface area (Å²) in [5.41, 5.74) is 0.0260. The maximum atomic E-state index is 5.05. The van der Waals surface area contributed by atoms with Gasteiger partial charge in [0.1, 0.15) is 5.76 Å². The highest BCUT2D eigenvalue weighted by molar-refractivity contribution is 5.09. The average Bonchev–Trinajstić information content (AvgIpc) is 2.37. The van der Waals surface area contributed by atoms with Gasteiger partial charge in [-0.3, -0.25) is 0 Å². The topological polar surface area (TPSA) is 26.0 Å². The number of rotatable bonds is 3. The molecule has 60 valence electrons. The smallest absolute Gasteiger partial charge is 0.142 e. The van der Waals surface area contributed by atoms with E-state index in [0.717, 1.165) is 12.2 Å². The Morgan fingerprint density at radius 3 is 2.91 bits per heavy atom. The molecule has 0 atom stereocenters. The third-order valence-corrected chi connectivity index (χ3v) is 1.76. The van der Waals surface area contributed by atoms with Crippen LogP contribution in [0.2, 0.25) is 0 Å². The second-order valence-corrected chi connectivity index (χ2v) is 3.25. The molecule has 0 spiro atoms. The molecule has 2 heteroatoms. The Morgan fingerprint density at radius 2 is 2.45 bits per heavy atom. The molecule has 0 radical (unpaired) electrons. The maximum Gasteiger partial charge on any atom is 0.142 e. The largest absolute Gasteiger partial charge is 0.361 e. The van der Waals surface area contributed by atoms with Gasteiger partial charge in [-0.1, -0.05) is 25.1 Å². The highest BCUT2D eigenvalue weighted by atomic mass is 16.5. The minimum atomic E-state index is 0.0260. The molecule has 1 heterocycles. The first-order valence-electron chi connectivity index (χ1n) is 3.69. The summed E-state index contributed by atoms with van der Waals surface area (Å²) in [6, 6.07) is 1.89. The second kappa shape index (κ2) is 2.91. The molecule has 1 aromatic heterocycles. The van der Waals surface area contributed by atoms with Crippen molar-refractivity contribution in [3.63, 3.8) is 0 Å². The molecule has 0 aliphatic rings. The van der Waals surface area contributed by atoms with Crippen LogP contribution < -0.4 is 0 Å². The third-order valence-electron chi connectivity index (χ3n) is 1.76. The number of hydrogen-bond donors (Lipinski definition) is 0. The van der Waals surface area contributed by atoms with Gasteiger partial charge in [0.05, 0.1) is 6.20 Å². The summed E-state index contributed by atoms with van der Waals surface area (Å²) in [4.78, 5) is 0. The van der Waals surface area contributed by atoms with Crippen LogP contribution in [0, 0.1) is 0 Å². The molecule has 1 rings (SSSR count). The van der Waals surface area contributed by atoms with Crippen LogP contribution >= 0.6 is 0 Å². The highest BCUT2D eigenvalue weighted by Crippen LogP contribution is 2.26. The molecule has 11 heavy (non-hydrogen) atoms. The Hall–Kier alpha value is -1.05.